The van der Waals surface area contributed by atoms with Gasteiger partial charge in [-0.1, -0.05) is 42.5 Å². The summed E-state index contributed by atoms with van der Waals surface area (Å²) in [6.45, 7) is 1.82. The summed E-state index contributed by atoms with van der Waals surface area (Å²) in [5.74, 6) is -1.23. The van der Waals surface area contributed by atoms with Crippen molar-refractivity contribution in [2.75, 3.05) is 0 Å². The Kier molecular flexibility index (Phi) is 2.10. The Morgan fingerprint density at radius 3 is 2.44 bits per heavy atom. The zero-order valence-electron chi connectivity index (χ0n) is 9.84. The van der Waals surface area contributed by atoms with Crippen LogP contribution in [0.4, 0.5) is 0 Å². The van der Waals surface area contributed by atoms with Gasteiger partial charge in [0.25, 0.3) is 0 Å². The highest BCUT2D eigenvalue weighted by molar-refractivity contribution is 5.95. The van der Waals surface area contributed by atoms with Gasteiger partial charge in [-0.3, -0.25) is 0 Å². The first-order chi connectivity index (χ1) is 8.56. The number of hydrogen-bond donors (Lipinski definition) is 2. The maximum Gasteiger partial charge on any atom is 0.345 e. The van der Waals surface area contributed by atoms with E-state index >= 15 is 0 Å². The maximum absolute atomic E-state index is 11.6. The molecular weight excluding hydrogens is 228 g/mol. The Balaban J connectivity index is 2.47. The molecule has 0 saturated heterocycles. The lowest BCUT2D eigenvalue weighted by Gasteiger charge is -2.21. The van der Waals surface area contributed by atoms with Crippen LogP contribution in [0, 0.1) is 6.92 Å². The molecule has 18 heavy (non-hydrogen) atoms. The Bertz CT molecular complexity index is 661. The van der Waals surface area contributed by atoms with E-state index in [1.54, 1.807) is 12.1 Å². The Morgan fingerprint density at radius 1 is 1.06 bits per heavy atom. The molecule has 2 aromatic carbocycles. The van der Waals surface area contributed by atoms with Gasteiger partial charge < -0.3 is 10.2 Å². The molecule has 0 radical (unpaired) electrons. The van der Waals surface area contributed by atoms with E-state index in [4.69, 9.17) is 0 Å². The van der Waals surface area contributed by atoms with Crippen molar-refractivity contribution in [3.8, 4) is 11.1 Å². The van der Waals surface area contributed by atoms with Gasteiger partial charge in [0.2, 0.25) is 5.60 Å². The summed E-state index contributed by atoms with van der Waals surface area (Å²) < 4.78 is 0. The third kappa shape index (κ3) is 1.14. The molecule has 1 aliphatic carbocycles. The molecule has 0 heterocycles. The minimum Gasteiger partial charge on any atom is -0.479 e. The molecule has 0 fully saturated rings. The molecule has 2 N–H and O–H groups in total. The number of carbonyl (C=O) groups is 1. The van der Waals surface area contributed by atoms with Gasteiger partial charge in [0, 0.05) is 11.1 Å². The van der Waals surface area contributed by atoms with Gasteiger partial charge in [0.05, 0.1) is 0 Å². The van der Waals surface area contributed by atoms with Crippen LogP contribution in [0.3, 0.4) is 0 Å². The van der Waals surface area contributed by atoms with Gasteiger partial charge in [-0.15, -0.1) is 0 Å². The first-order valence-electron chi connectivity index (χ1n) is 5.72. The lowest BCUT2D eigenvalue weighted by Crippen LogP contribution is -2.35. The number of carboxylic acid groups (broad SMARTS) is 1. The summed E-state index contributed by atoms with van der Waals surface area (Å²) in [5, 5.41) is 20.1. The number of rotatable bonds is 1. The smallest absolute Gasteiger partial charge is 0.345 e. The van der Waals surface area contributed by atoms with Crippen molar-refractivity contribution in [1.82, 2.24) is 0 Å². The highest BCUT2D eigenvalue weighted by Gasteiger charge is 2.48. The fourth-order valence-electron chi connectivity index (χ4n) is 2.76. The largest absolute Gasteiger partial charge is 0.479 e. The molecular formula is C15H12O3. The number of hydrogen-bond acceptors (Lipinski definition) is 2. The molecule has 90 valence electrons. The van der Waals surface area contributed by atoms with E-state index in [1.807, 2.05) is 37.3 Å². The van der Waals surface area contributed by atoms with Crippen molar-refractivity contribution in [3.05, 3.63) is 59.2 Å². The van der Waals surface area contributed by atoms with Crippen LogP contribution in [0.25, 0.3) is 11.1 Å². The van der Waals surface area contributed by atoms with Gasteiger partial charge in [-0.2, -0.15) is 0 Å². The summed E-state index contributed by atoms with van der Waals surface area (Å²) in [5.41, 5.74) is 1.38. The summed E-state index contributed by atoms with van der Waals surface area (Å²) in [6.07, 6.45) is 0. The van der Waals surface area contributed by atoms with Crippen LogP contribution in [-0.4, -0.2) is 16.2 Å². The molecule has 0 bridgehead atoms. The molecule has 0 amide bonds. The Morgan fingerprint density at radius 2 is 1.72 bits per heavy atom. The van der Waals surface area contributed by atoms with E-state index < -0.39 is 11.6 Å². The van der Waals surface area contributed by atoms with Gasteiger partial charge >= 0.3 is 5.97 Å². The highest BCUT2D eigenvalue weighted by atomic mass is 16.4. The lowest BCUT2D eigenvalue weighted by atomic mass is 9.89. The van der Waals surface area contributed by atoms with E-state index in [0.29, 0.717) is 11.1 Å². The molecule has 0 spiro atoms. The third-order valence-corrected chi connectivity index (χ3v) is 3.55. The van der Waals surface area contributed by atoms with Crippen LogP contribution in [0.15, 0.2) is 42.5 Å². The first kappa shape index (κ1) is 11.0. The van der Waals surface area contributed by atoms with E-state index in [1.165, 1.54) is 0 Å². The van der Waals surface area contributed by atoms with E-state index in [0.717, 1.165) is 16.7 Å². The quantitative estimate of drug-likeness (QED) is 0.804. The number of carboxylic acids is 1. The first-order valence-corrected chi connectivity index (χ1v) is 5.72. The Labute approximate surface area is 104 Å². The predicted octanol–water partition coefficient (Wildman–Crippen LogP) is 2.30. The van der Waals surface area contributed by atoms with Gasteiger partial charge in [-0.25, -0.2) is 4.79 Å². The van der Waals surface area contributed by atoms with Crippen molar-refractivity contribution < 1.29 is 15.0 Å². The molecule has 3 heteroatoms. The minimum atomic E-state index is -1.93. The van der Waals surface area contributed by atoms with Gasteiger partial charge in [0.15, 0.2) is 0 Å². The second kappa shape index (κ2) is 3.43. The highest BCUT2D eigenvalue weighted by Crippen LogP contribution is 2.48. The molecule has 1 unspecified atom stereocenters. The van der Waals surface area contributed by atoms with Crippen LogP contribution in [0.2, 0.25) is 0 Å². The van der Waals surface area contributed by atoms with Crippen molar-refractivity contribution in [1.29, 1.82) is 0 Å². The average Bonchev–Trinajstić information content (AvgIpc) is 2.63. The summed E-state index contributed by atoms with van der Waals surface area (Å²) in [6, 6.07) is 12.6. The standard InChI is InChI=1S/C15H12O3/c1-9-5-4-7-11-10-6-2-3-8-12(10)15(18,13(9)11)14(16)17/h2-8,18H,1H3,(H,16,17). The zero-order chi connectivity index (χ0) is 12.9. The fourth-order valence-corrected chi connectivity index (χ4v) is 2.76. The summed E-state index contributed by atoms with van der Waals surface area (Å²) in [4.78, 5) is 11.6. The normalized spacial score (nSPS) is 20.3. The number of aliphatic carboxylic acids is 1. The van der Waals surface area contributed by atoms with Crippen molar-refractivity contribution in [2.24, 2.45) is 0 Å². The number of aliphatic hydroxyl groups is 1. The fraction of sp³-hybridized carbons (Fsp3) is 0.133. The van der Waals surface area contributed by atoms with Crippen molar-refractivity contribution in [2.45, 2.75) is 12.5 Å². The average molecular weight is 240 g/mol. The number of benzene rings is 2. The molecule has 2 aromatic rings. The van der Waals surface area contributed by atoms with E-state index in [-0.39, 0.29) is 0 Å². The second-order valence-electron chi connectivity index (χ2n) is 4.56. The molecule has 0 saturated carbocycles. The van der Waals surface area contributed by atoms with Crippen LogP contribution >= 0.6 is 0 Å². The molecule has 3 rings (SSSR count). The third-order valence-electron chi connectivity index (χ3n) is 3.55. The Hall–Kier alpha value is -2.13. The summed E-state index contributed by atoms with van der Waals surface area (Å²) >= 11 is 0. The van der Waals surface area contributed by atoms with Crippen molar-refractivity contribution >= 4 is 5.97 Å². The lowest BCUT2D eigenvalue weighted by molar-refractivity contribution is -0.154. The molecule has 0 aliphatic heterocycles. The van der Waals surface area contributed by atoms with E-state index in [9.17, 15) is 15.0 Å². The van der Waals surface area contributed by atoms with Crippen LogP contribution in [-0.2, 0) is 10.4 Å². The monoisotopic (exact) mass is 240 g/mol. The second-order valence-corrected chi connectivity index (χ2v) is 4.56. The van der Waals surface area contributed by atoms with Crippen LogP contribution in [0.1, 0.15) is 16.7 Å². The molecule has 0 aromatic heterocycles. The van der Waals surface area contributed by atoms with Crippen molar-refractivity contribution in [3.63, 3.8) is 0 Å². The maximum atomic E-state index is 11.6. The van der Waals surface area contributed by atoms with Gasteiger partial charge in [-0.05, 0) is 23.6 Å². The predicted molar refractivity (Wildman–Crippen MR) is 67.2 cm³/mol. The number of aryl methyl sites for hydroxylation is 1. The van der Waals surface area contributed by atoms with Crippen LogP contribution in [0.5, 0.6) is 0 Å². The molecule has 1 aliphatic rings. The zero-order valence-corrected chi connectivity index (χ0v) is 9.84. The topological polar surface area (TPSA) is 57.5 Å². The molecule has 1 atom stereocenters. The van der Waals surface area contributed by atoms with Gasteiger partial charge in [0.1, 0.15) is 0 Å². The van der Waals surface area contributed by atoms with Crippen LogP contribution < -0.4 is 0 Å². The summed E-state index contributed by atoms with van der Waals surface area (Å²) in [7, 11) is 0. The SMILES string of the molecule is Cc1cccc2c1C(O)(C(=O)O)c1ccccc1-2. The minimum absolute atomic E-state index is 0.446. The van der Waals surface area contributed by atoms with E-state index in [2.05, 4.69) is 0 Å². The number of fused-ring (bicyclic) bond motifs is 3. The molecule has 3 nitrogen and oxygen atoms in total.